The van der Waals surface area contributed by atoms with Crippen LogP contribution < -0.4 is 10.9 Å². The van der Waals surface area contributed by atoms with Crippen LogP contribution in [0, 0.1) is 0 Å². The number of carbonyl (C=O) groups is 2. The van der Waals surface area contributed by atoms with E-state index in [0.717, 1.165) is 26.9 Å². The van der Waals surface area contributed by atoms with Gasteiger partial charge in [-0.15, -0.1) is 11.3 Å². The summed E-state index contributed by atoms with van der Waals surface area (Å²) in [6, 6.07) is 6.95. The third-order valence-corrected chi connectivity index (χ3v) is 6.08. The molecule has 1 atom stereocenters. The molecule has 0 bridgehead atoms. The maximum Gasteiger partial charge on any atom is 0.359 e. The van der Waals surface area contributed by atoms with Crippen LogP contribution in [0.15, 0.2) is 38.9 Å². The lowest BCUT2D eigenvalue weighted by Gasteiger charge is -2.11. The fraction of sp³-hybridized carbons (Fsp3) is 0.300. The molecule has 3 aromatic rings. The molecule has 1 aliphatic heterocycles. The first-order valence-corrected chi connectivity index (χ1v) is 11.1. The smallest absolute Gasteiger partial charge is 0.359 e. The number of amides is 1. The molecule has 4 rings (SSSR count). The molecule has 0 aliphatic carbocycles. The van der Waals surface area contributed by atoms with Gasteiger partial charge in [0, 0.05) is 21.8 Å². The van der Waals surface area contributed by atoms with E-state index in [-0.39, 0.29) is 23.6 Å². The van der Waals surface area contributed by atoms with E-state index in [1.807, 2.05) is 0 Å². The number of carbonyl (C=O) groups excluding carboxylic acids is 2. The summed E-state index contributed by atoms with van der Waals surface area (Å²) in [4.78, 5) is 38.4. The number of nitrogens with one attached hydrogen (secondary N) is 1. The molecular formula is C20H18BrN3O5S. The third kappa shape index (κ3) is 3.90. The second-order valence-corrected chi connectivity index (χ2v) is 8.40. The van der Waals surface area contributed by atoms with E-state index in [1.54, 1.807) is 36.6 Å². The van der Waals surface area contributed by atoms with Crippen molar-refractivity contribution < 1.29 is 19.1 Å². The van der Waals surface area contributed by atoms with Crippen LogP contribution in [-0.2, 0) is 14.3 Å². The predicted octanol–water partition coefficient (Wildman–Crippen LogP) is 3.50. The summed E-state index contributed by atoms with van der Waals surface area (Å²) >= 11 is 4.52. The van der Waals surface area contributed by atoms with Crippen LogP contribution in [0.5, 0.6) is 0 Å². The number of hydrogen-bond acceptors (Lipinski definition) is 7. The van der Waals surface area contributed by atoms with Gasteiger partial charge in [0.15, 0.2) is 5.69 Å². The van der Waals surface area contributed by atoms with Gasteiger partial charge < -0.3 is 14.8 Å². The lowest BCUT2D eigenvalue weighted by Crippen LogP contribution is -2.28. The van der Waals surface area contributed by atoms with Crippen LogP contribution in [0.3, 0.4) is 0 Å². The van der Waals surface area contributed by atoms with Gasteiger partial charge in [-0.25, -0.2) is 4.79 Å². The van der Waals surface area contributed by atoms with E-state index in [2.05, 4.69) is 26.3 Å². The number of ether oxygens (including phenoxy) is 2. The van der Waals surface area contributed by atoms with Gasteiger partial charge in [-0.3, -0.25) is 9.59 Å². The highest BCUT2D eigenvalue weighted by Gasteiger charge is 2.27. The molecule has 1 N–H and O–H groups in total. The molecule has 1 aliphatic rings. The van der Waals surface area contributed by atoms with Crippen molar-refractivity contribution in [3.63, 3.8) is 0 Å². The fourth-order valence-electron chi connectivity index (χ4n) is 3.23. The highest BCUT2D eigenvalue weighted by atomic mass is 79.9. The largest absolute Gasteiger partial charge is 0.461 e. The molecule has 1 amide bonds. The molecule has 0 radical (unpaired) electrons. The van der Waals surface area contributed by atoms with Gasteiger partial charge in [0.1, 0.15) is 11.1 Å². The summed E-state index contributed by atoms with van der Waals surface area (Å²) in [7, 11) is 0. The topological polar surface area (TPSA) is 99.5 Å². The van der Waals surface area contributed by atoms with Crippen LogP contribution in [0.25, 0.3) is 16.5 Å². The van der Waals surface area contributed by atoms with Crippen LogP contribution in [0.2, 0.25) is 0 Å². The Balaban J connectivity index is 1.86. The molecule has 8 nitrogen and oxygen atoms in total. The van der Waals surface area contributed by atoms with E-state index in [0.29, 0.717) is 29.1 Å². The quantitative estimate of drug-likeness (QED) is 0.548. The molecule has 30 heavy (non-hydrogen) atoms. The van der Waals surface area contributed by atoms with Crippen molar-refractivity contribution in [2.24, 2.45) is 0 Å². The van der Waals surface area contributed by atoms with E-state index < -0.39 is 17.6 Å². The van der Waals surface area contributed by atoms with Crippen molar-refractivity contribution in [1.29, 1.82) is 0 Å². The number of hydrogen-bond donors (Lipinski definition) is 1. The molecule has 3 heterocycles. The Kier molecular flexibility index (Phi) is 5.98. The number of fused-ring (bicyclic) bond motifs is 1. The number of rotatable bonds is 5. The number of benzene rings is 1. The molecule has 1 saturated heterocycles. The Morgan fingerprint density at radius 3 is 2.80 bits per heavy atom. The van der Waals surface area contributed by atoms with E-state index >= 15 is 0 Å². The Morgan fingerprint density at radius 1 is 1.37 bits per heavy atom. The van der Waals surface area contributed by atoms with Crippen molar-refractivity contribution in [1.82, 2.24) is 9.78 Å². The number of halogens is 1. The van der Waals surface area contributed by atoms with Crippen LogP contribution in [-0.4, -0.2) is 41.0 Å². The number of esters is 1. The summed E-state index contributed by atoms with van der Waals surface area (Å²) < 4.78 is 12.5. The fourth-order valence-corrected chi connectivity index (χ4v) is 4.43. The molecule has 0 spiro atoms. The average molecular weight is 492 g/mol. The highest BCUT2D eigenvalue weighted by molar-refractivity contribution is 9.10. The number of thiophene rings is 1. The zero-order valence-electron chi connectivity index (χ0n) is 16.0. The van der Waals surface area contributed by atoms with Crippen molar-refractivity contribution in [2.75, 3.05) is 18.5 Å². The minimum absolute atomic E-state index is 0.0169. The Morgan fingerprint density at radius 2 is 2.13 bits per heavy atom. The molecular weight excluding hydrogens is 474 g/mol. The van der Waals surface area contributed by atoms with Crippen molar-refractivity contribution >= 4 is 54.9 Å². The van der Waals surface area contributed by atoms with Crippen LogP contribution in [0.4, 0.5) is 5.00 Å². The summed E-state index contributed by atoms with van der Waals surface area (Å²) in [5, 5.41) is 9.61. The molecule has 1 aromatic carbocycles. The molecule has 1 fully saturated rings. The first-order chi connectivity index (χ1) is 14.5. The molecule has 156 valence electrons. The monoisotopic (exact) mass is 491 g/mol. The van der Waals surface area contributed by atoms with Crippen molar-refractivity contribution in [3.05, 3.63) is 50.2 Å². The van der Waals surface area contributed by atoms with Crippen molar-refractivity contribution in [3.8, 4) is 5.69 Å². The average Bonchev–Trinajstić information content (AvgIpc) is 3.40. The molecule has 1 unspecified atom stereocenters. The number of aromatic nitrogens is 2. The van der Waals surface area contributed by atoms with Gasteiger partial charge in [-0.1, -0.05) is 15.9 Å². The zero-order chi connectivity index (χ0) is 21.3. The maximum absolute atomic E-state index is 13.3. The van der Waals surface area contributed by atoms with Gasteiger partial charge in [-0.2, -0.15) is 9.78 Å². The van der Waals surface area contributed by atoms with E-state index in [1.165, 1.54) is 0 Å². The second kappa shape index (κ2) is 8.66. The first-order valence-electron chi connectivity index (χ1n) is 9.39. The van der Waals surface area contributed by atoms with Crippen molar-refractivity contribution in [2.45, 2.75) is 25.9 Å². The predicted molar refractivity (Wildman–Crippen MR) is 116 cm³/mol. The summed E-state index contributed by atoms with van der Waals surface area (Å²) in [5.74, 6) is -0.941. The lowest BCUT2D eigenvalue weighted by molar-refractivity contribution is -0.124. The maximum atomic E-state index is 13.3. The standard InChI is InChI=1S/C20H18BrN3O5S/c1-2-28-20(27)16-13-10-30-18(22-17(25)14-4-3-9-29-14)15(13)19(26)24(23-16)12-7-5-11(21)6-8-12/h5-8,10,14H,2-4,9H2,1H3,(H,22,25). The van der Waals surface area contributed by atoms with Gasteiger partial charge in [0.2, 0.25) is 0 Å². The van der Waals surface area contributed by atoms with E-state index in [4.69, 9.17) is 9.47 Å². The molecule has 0 saturated carbocycles. The third-order valence-electron chi connectivity index (χ3n) is 4.65. The van der Waals surface area contributed by atoms with Gasteiger partial charge in [0.05, 0.1) is 17.7 Å². The van der Waals surface area contributed by atoms with Gasteiger partial charge in [-0.05, 0) is 44.0 Å². The summed E-state index contributed by atoms with van der Waals surface area (Å²) in [5.41, 5.74) is 0.0609. The second-order valence-electron chi connectivity index (χ2n) is 6.61. The Labute approximate surface area is 183 Å². The highest BCUT2D eigenvalue weighted by Crippen LogP contribution is 2.31. The first kappa shape index (κ1) is 20.7. The lowest BCUT2D eigenvalue weighted by atomic mass is 10.2. The van der Waals surface area contributed by atoms with Gasteiger partial charge >= 0.3 is 5.97 Å². The normalized spacial score (nSPS) is 16.0. The van der Waals surface area contributed by atoms with Gasteiger partial charge in [0.25, 0.3) is 11.5 Å². The van der Waals surface area contributed by atoms with E-state index in [9.17, 15) is 14.4 Å². The number of nitrogens with zero attached hydrogens (tertiary/aromatic N) is 2. The van der Waals surface area contributed by atoms with Crippen LogP contribution in [0.1, 0.15) is 30.3 Å². The Hall–Kier alpha value is -2.56. The Bertz CT molecular complexity index is 1170. The minimum Gasteiger partial charge on any atom is -0.461 e. The van der Waals surface area contributed by atoms with Crippen LogP contribution >= 0.6 is 27.3 Å². The summed E-state index contributed by atoms with van der Waals surface area (Å²) in [6.07, 6.45) is 0.909. The molecule has 10 heteroatoms. The SMILES string of the molecule is CCOC(=O)c1nn(-c2ccc(Br)cc2)c(=O)c2c(NC(=O)C3CCCO3)scc12. The number of anilines is 1. The summed E-state index contributed by atoms with van der Waals surface area (Å²) in [6.45, 7) is 2.41. The minimum atomic E-state index is -0.636. The zero-order valence-corrected chi connectivity index (χ0v) is 18.4. The molecule has 2 aromatic heterocycles.